The molecule has 0 atom stereocenters. The molecule has 52 heavy (non-hydrogen) atoms. The van der Waals surface area contributed by atoms with Crippen molar-refractivity contribution >= 4 is 65.0 Å². The third-order valence-electron chi connectivity index (χ3n) is 10.9. The van der Waals surface area contributed by atoms with Crippen molar-refractivity contribution in [2.75, 3.05) is 0 Å². The third-order valence-corrected chi connectivity index (χ3v) is 10.9. The smallest absolute Gasteiger partial charge is 0.0635 e. The van der Waals surface area contributed by atoms with Gasteiger partial charge in [0.2, 0.25) is 0 Å². The molecule has 11 rings (SSSR count). The monoisotopic (exact) mass is 660 g/mol. The van der Waals surface area contributed by atoms with Gasteiger partial charge in [-0.3, -0.25) is 0 Å². The van der Waals surface area contributed by atoms with Gasteiger partial charge in [-0.1, -0.05) is 140 Å². The fourth-order valence-electron chi connectivity index (χ4n) is 8.55. The topological polar surface area (TPSA) is 9.86 Å². The summed E-state index contributed by atoms with van der Waals surface area (Å²) in [5, 5.41) is 11.4. The molecule has 0 saturated carbocycles. The summed E-state index contributed by atoms with van der Waals surface area (Å²) in [7, 11) is 0. The van der Waals surface area contributed by atoms with Crippen LogP contribution < -0.4 is 0 Å². The highest BCUT2D eigenvalue weighted by molar-refractivity contribution is 6.26. The van der Waals surface area contributed by atoms with Gasteiger partial charge >= 0.3 is 0 Å². The first-order valence-electron chi connectivity index (χ1n) is 17.9. The molecule has 0 spiro atoms. The molecular formula is C50H32N2. The predicted molar refractivity (Wildman–Crippen MR) is 221 cm³/mol. The molecule has 0 aliphatic heterocycles. The normalized spacial score (nSPS) is 11.8. The summed E-state index contributed by atoms with van der Waals surface area (Å²) in [6.07, 6.45) is 2.24. The molecule has 2 aromatic heterocycles. The zero-order valence-corrected chi connectivity index (χ0v) is 28.4. The third kappa shape index (κ3) is 4.31. The fraction of sp³-hybridized carbons (Fsp3) is 0. The summed E-state index contributed by atoms with van der Waals surface area (Å²) in [6.45, 7) is 0. The molecule has 11 aromatic rings. The molecular weight excluding hydrogens is 629 g/mol. The van der Waals surface area contributed by atoms with E-state index in [-0.39, 0.29) is 0 Å². The van der Waals surface area contributed by atoms with E-state index < -0.39 is 0 Å². The summed E-state index contributed by atoms with van der Waals surface area (Å²) >= 11 is 0. The van der Waals surface area contributed by atoms with Gasteiger partial charge in [-0.15, -0.1) is 0 Å². The average molecular weight is 661 g/mol. The van der Waals surface area contributed by atoms with Crippen molar-refractivity contribution in [1.29, 1.82) is 0 Å². The van der Waals surface area contributed by atoms with E-state index in [2.05, 4.69) is 203 Å². The van der Waals surface area contributed by atoms with E-state index in [1.165, 1.54) is 87.3 Å². The standard InChI is InChI=1S/C50H32N2/c1-3-13-33(14-4-1)35-29-36(34-15-5-2-6-16-34)31-38(30-35)51-28-27-46-48(51)26-25-45-44-21-11-12-22-49(44)52(50(45)46)37-23-24-43-41-19-8-7-17-39(41)40-18-9-10-20-42(40)47(43)32-37/h1-32H. The van der Waals surface area contributed by atoms with E-state index >= 15 is 0 Å². The summed E-state index contributed by atoms with van der Waals surface area (Å²) in [6, 6.07) is 68.7. The summed E-state index contributed by atoms with van der Waals surface area (Å²) in [5.74, 6) is 0. The first-order valence-corrected chi connectivity index (χ1v) is 17.9. The van der Waals surface area contributed by atoms with Crippen LogP contribution in [0, 0.1) is 0 Å². The molecule has 0 radical (unpaired) electrons. The van der Waals surface area contributed by atoms with Gasteiger partial charge < -0.3 is 9.13 Å². The number of rotatable bonds is 4. The highest BCUT2D eigenvalue weighted by Crippen LogP contribution is 2.41. The van der Waals surface area contributed by atoms with Crippen molar-refractivity contribution in [1.82, 2.24) is 9.13 Å². The summed E-state index contributed by atoms with van der Waals surface area (Å²) in [5.41, 5.74) is 10.7. The van der Waals surface area contributed by atoms with E-state index in [9.17, 15) is 0 Å². The van der Waals surface area contributed by atoms with Gasteiger partial charge in [0.25, 0.3) is 0 Å². The van der Waals surface area contributed by atoms with Gasteiger partial charge in [-0.05, 0) is 103 Å². The van der Waals surface area contributed by atoms with Crippen LogP contribution in [0.3, 0.4) is 0 Å². The highest BCUT2D eigenvalue weighted by Gasteiger charge is 2.19. The SMILES string of the molecule is c1ccc(-c2cc(-c3ccccc3)cc(-n3ccc4c3ccc3c5ccccc5n(-c5ccc6c7ccccc7c7ccccc7c6c5)c34)c2)cc1. The zero-order valence-electron chi connectivity index (χ0n) is 28.4. The lowest BCUT2D eigenvalue weighted by Gasteiger charge is -2.14. The Labute approximate surface area is 301 Å². The molecule has 0 unspecified atom stereocenters. The van der Waals surface area contributed by atoms with E-state index in [0.717, 1.165) is 11.4 Å². The molecule has 2 heterocycles. The van der Waals surface area contributed by atoms with Gasteiger partial charge in [0.05, 0.1) is 16.6 Å². The summed E-state index contributed by atoms with van der Waals surface area (Å²) < 4.78 is 4.84. The van der Waals surface area contributed by atoms with Crippen molar-refractivity contribution in [3.05, 3.63) is 194 Å². The maximum atomic E-state index is 2.48. The highest BCUT2D eigenvalue weighted by atomic mass is 15.0. The van der Waals surface area contributed by atoms with Crippen LogP contribution in [0.15, 0.2) is 194 Å². The molecule has 0 N–H and O–H groups in total. The number of aromatic nitrogens is 2. The van der Waals surface area contributed by atoms with Crippen LogP contribution in [0.2, 0.25) is 0 Å². The largest absolute Gasteiger partial charge is 0.316 e. The van der Waals surface area contributed by atoms with Crippen LogP contribution in [0.5, 0.6) is 0 Å². The van der Waals surface area contributed by atoms with Gasteiger partial charge in [0.1, 0.15) is 0 Å². The average Bonchev–Trinajstić information content (AvgIpc) is 3.81. The maximum Gasteiger partial charge on any atom is 0.0635 e. The number of fused-ring (bicyclic) bond motifs is 11. The minimum Gasteiger partial charge on any atom is -0.316 e. The Morgan fingerprint density at radius 3 is 1.42 bits per heavy atom. The molecule has 0 fully saturated rings. The Bertz CT molecular complexity index is 3070. The van der Waals surface area contributed by atoms with E-state index in [4.69, 9.17) is 0 Å². The van der Waals surface area contributed by atoms with Crippen LogP contribution in [0.1, 0.15) is 0 Å². The van der Waals surface area contributed by atoms with Crippen LogP contribution in [0.25, 0.3) is 98.7 Å². The minimum atomic E-state index is 1.14. The molecule has 9 aromatic carbocycles. The van der Waals surface area contributed by atoms with Crippen molar-refractivity contribution in [3.63, 3.8) is 0 Å². The van der Waals surface area contributed by atoms with Gasteiger partial charge in [-0.2, -0.15) is 0 Å². The number of hydrogen-bond donors (Lipinski definition) is 0. The fourth-order valence-corrected chi connectivity index (χ4v) is 8.55. The number of benzene rings is 9. The Balaban J connectivity index is 1.18. The molecule has 242 valence electrons. The second-order valence-corrected chi connectivity index (χ2v) is 13.8. The Kier molecular flexibility index (Phi) is 6.28. The lowest BCUT2D eigenvalue weighted by atomic mass is 9.94. The van der Waals surface area contributed by atoms with Crippen LogP contribution >= 0.6 is 0 Å². The maximum absolute atomic E-state index is 2.48. The van der Waals surface area contributed by atoms with E-state index in [1.807, 2.05) is 0 Å². The van der Waals surface area contributed by atoms with Crippen molar-refractivity contribution in [2.24, 2.45) is 0 Å². The first kappa shape index (κ1) is 28.9. The Morgan fingerprint density at radius 2 is 0.788 bits per heavy atom. The lowest BCUT2D eigenvalue weighted by molar-refractivity contribution is 1.13. The van der Waals surface area contributed by atoms with Gasteiger partial charge in [0.15, 0.2) is 0 Å². The van der Waals surface area contributed by atoms with Crippen molar-refractivity contribution in [2.45, 2.75) is 0 Å². The van der Waals surface area contributed by atoms with E-state index in [1.54, 1.807) is 0 Å². The Hall–Kier alpha value is -6.90. The minimum absolute atomic E-state index is 1.14. The van der Waals surface area contributed by atoms with Crippen LogP contribution in [-0.2, 0) is 0 Å². The molecule has 0 amide bonds. The lowest BCUT2D eigenvalue weighted by Crippen LogP contribution is -1.96. The molecule has 0 aliphatic carbocycles. The quantitative estimate of drug-likeness (QED) is 0.166. The van der Waals surface area contributed by atoms with Crippen LogP contribution in [-0.4, -0.2) is 9.13 Å². The Morgan fingerprint density at radius 1 is 0.269 bits per heavy atom. The van der Waals surface area contributed by atoms with Gasteiger partial charge in [0, 0.05) is 33.7 Å². The summed E-state index contributed by atoms with van der Waals surface area (Å²) in [4.78, 5) is 0. The van der Waals surface area contributed by atoms with Gasteiger partial charge in [-0.25, -0.2) is 0 Å². The molecule has 0 bridgehead atoms. The first-order chi connectivity index (χ1) is 25.8. The number of nitrogens with zero attached hydrogens (tertiary/aromatic N) is 2. The number of para-hydroxylation sites is 1. The molecule has 0 aliphatic rings. The second-order valence-electron chi connectivity index (χ2n) is 13.8. The molecule has 2 heteroatoms. The van der Waals surface area contributed by atoms with E-state index in [0.29, 0.717) is 0 Å². The predicted octanol–water partition coefficient (Wildman–Crippen LogP) is 13.5. The van der Waals surface area contributed by atoms with Crippen molar-refractivity contribution < 1.29 is 0 Å². The number of hydrogen-bond acceptors (Lipinski definition) is 0. The second kappa shape index (κ2) is 11.3. The van der Waals surface area contributed by atoms with Crippen molar-refractivity contribution in [3.8, 4) is 33.6 Å². The molecule has 2 nitrogen and oxygen atoms in total. The van der Waals surface area contributed by atoms with Crippen LogP contribution in [0.4, 0.5) is 0 Å². The zero-order chi connectivity index (χ0) is 34.2. The molecule has 0 saturated heterocycles.